The van der Waals surface area contributed by atoms with Crippen molar-refractivity contribution < 1.29 is 4.74 Å². The van der Waals surface area contributed by atoms with Crippen LogP contribution in [0.2, 0.25) is 0 Å². The van der Waals surface area contributed by atoms with Crippen LogP contribution in [0.3, 0.4) is 0 Å². The number of nitriles is 1. The fourth-order valence-corrected chi connectivity index (χ4v) is 1.39. The molecule has 0 atom stereocenters. The summed E-state index contributed by atoms with van der Waals surface area (Å²) in [6.45, 7) is 0. The number of aromatic nitrogens is 1. The summed E-state index contributed by atoms with van der Waals surface area (Å²) in [7, 11) is 1.60. The van der Waals surface area contributed by atoms with Crippen LogP contribution in [-0.4, -0.2) is 11.8 Å². The van der Waals surface area contributed by atoms with E-state index in [9.17, 15) is 0 Å². The van der Waals surface area contributed by atoms with E-state index in [0.717, 1.165) is 5.69 Å². The molecule has 0 unspecified atom stereocenters. The van der Waals surface area contributed by atoms with Crippen molar-refractivity contribution in [1.29, 1.82) is 5.26 Å². The lowest BCUT2D eigenvalue weighted by Gasteiger charge is -2.10. The predicted molar refractivity (Wildman–Crippen MR) is 61.2 cm³/mol. The Kier molecular flexibility index (Phi) is 2.79. The highest BCUT2D eigenvalue weighted by Gasteiger charge is 2.03. The lowest BCUT2D eigenvalue weighted by atomic mass is 10.2. The van der Waals surface area contributed by atoms with Gasteiger partial charge in [0, 0.05) is 18.5 Å². The molecule has 16 heavy (non-hydrogen) atoms. The summed E-state index contributed by atoms with van der Waals surface area (Å²) < 4.78 is 6.89. The van der Waals surface area contributed by atoms with Crippen LogP contribution in [0, 0.1) is 11.3 Å². The molecule has 2 rings (SSSR count). The largest absolute Gasteiger partial charge is 0.497 e. The molecule has 0 radical (unpaired) electrons. The Morgan fingerprint density at radius 3 is 2.69 bits per heavy atom. The SMILES string of the molecule is COc1ccc(C#N)c(Nn2cccc2)c1. The summed E-state index contributed by atoms with van der Waals surface area (Å²) in [5.41, 5.74) is 4.39. The topological polar surface area (TPSA) is 50.0 Å². The standard InChI is InChI=1S/C12H11N3O/c1-16-11-5-4-10(9-13)12(8-11)14-15-6-2-3-7-15/h2-8,14H,1H3. The van der Waals surface area contributed by atoms with E-state index in [0.29, 0.717) is 11.3 Å². The zero-order valence-electron chi connectivity index (χ0n) is 8.84. The zero-order valence-corrected chi connectivity index (χ0v) is 8.84. The van der Waals surface area contributed by atoms with Gasteiger partial charge in [0.05, 0.1) is 18.4 Å². The molecule has 0 aliphatic carbocycles. The Morgan fingerprint density at radius 2 is 2.06 bits per heavy atom. The van der Waals surface area contributed by atoms with Crippen LogP contribution in [0.4, 0.5) is 5.69 Å². The maximum absolute atomic E-state index is 8.97. The fraction of sp³-hybridized carbons (Fsp3) is 0.0833. The van der Waals surface area contributed by atoms with Crippen LogP contribution in [0.1, 0.15) is 5.56 Å². The summed E-state index contributed by atoms with van der Waals surface area (Å²) in [5, 5.41) is 8.97. The Balaban J connectivity index is 2.34. The minimum absolute atomic E-state index is 0.578. The molecule has 1 heterocycles. The van der Waals surface area contributed by atoms with E-state index < -0.39 is 0 Å². The molecule has 0 spiro atoms. The number of nitrogens with zero attached hydrogens (tertiary/aromatic N) is 2. The summed E-state index contributed by atoms with van der Waals surface area (Å²) in [5.74, 6) is 0.716. The molecule has 0 saturated heterocycles. The lowest BCUT2D eigenvalue weighted by molar-refractivity contribution is 0.415. The van der Waals surface area contributed by atoms with E-state index in [-0.39, 0.29) is 0 Å². The van der Waals surface area contributed by atoms with Gasteiger partial charge in [0.25, 0.3) is 0 Å². The molecule has 0 amide bonds. The number of ether oxygens (including phenoxy) is 1. The third-order valence-corrected chi connectivity index (χ3v) is 2.20. The maximum Gasteiger partial charge on any atom is 0.121 e. The zero-order chi connectivity index (χ0) is 11.4. The van der Waals surface area contributed by atoms with Crippen molar-refractivity contribution >= 4 is 5.69 Å². The van der Waals surface area contributed by atoms with Gasteiger partial charge in [-0.1, -0.05) is 0 Å². The molecule has 0 aliphatic heterocycles. The Labute approximate surface area is 93.7 Å². The number of nitrogens with one attached hydrogen (secondary N) is 1. The lowest BCUT2D eigenvalue weighted by Crippen LogP contribution is -2.07. The van der Waals surface area contributed by atoms with Gasteiger partial charge in [-0.25, -0.2) is 0 Å². The van der Waals surface area contributed by atoms with Crippen molar-refractivity contribution in [3.05, 3.63) is 48.3 Å². The molecular formula is C12H11N3O. The summed E-state index contributed by atoms with van der Waals surface area (Å²) in [6.07, 6.45) is 3.72. The van der Waals surface area contributed by atoms with Gasteiger partial charge < -0.3 is 4.74 Å². The van der Waals surface area contributed by atoms with Crippen molar-refractivity contribution in [3.8, 4) is 11.8 Å². The molecule has 0 aliphatic rings. The molecular weight excluding hydrogens is 202 g/mol. The smallest absolute Gasteiger partial charge is 0.121 e. The van der Waals surface area contributed by atoms with Gasteiger partial charge in [0.1, 0.15) is 11.8 Å². The minimum atomic E-state index is 0.578. The molecule has 1 aromatic carbocycles. The molecule has 1 aromatic heterocycles. The number of benzene rings is 1. The Bertz CT molecular complexity index is 512. The first-order valence-corrected chi connectivity index (χ1v) is 4.81. The van der Waals surface area contributed by atoms with Crippen LogP contribution < -0.4 is 10.2 Å². The van der Waals surface area contributed by atoms with Crippen LogP contribution in [0.25, 0.3) is 0 Å². The van der Waals surface area contributed by atoms with Crippen LogP contribution in [-0.2, 0) is 0 Å². The van der Waals surface area contributed by atoms with Crippen molar-refractivity contribution in [1.82, 2.24) is 4.68 Å². The van der Waals surface area contributed by atoms with Crippen molar-refractivity contribution in [2.45, 2.75) is 0 Å². The number of methoxy groups -OCH3 is 1. The summed E-state index contributed by atoms with van der Waals surface area (Å²) in [4.78, 5) is 0. The monoisotopic (exact) mass is 213 g/mol. The highest BCUT2D eigenvalue weighted by molar-refractivity contribution is 5.60. The van der Waals surface area contributed by atoms with Gasteiger partial charge in [-0.15, -0.1) is 0 Å². The van der Waals surface area contributed by atoms with Gasteiger partial charge in [-0.05, 0) is 24.3 Å². The van der Waals surface area contributed by atoms with E-state index in [1.807, 2.05) is 24.5 Å². The highest BCUT2D eigenvalue weighted by atomic mass is 16.5. The Hall–Kier alpha value is -2.41. The average Bonchev–Trinajstić information content (AvgIpc) is 2.82. The number of anilines is 1. The van der Waals surface area contributed by atoms with Crippen LogP contribution in [0.15, 0.2) is 42.7 Å². The first-order chi connectivity index (χ1) is 7.83. The van der Waals surface area contributed by atoms with Gasteiger partial charge in [0.15, 0.2) is 0 Å². The molecule has 0 bridgehead atoms. The van der Waals surface area contributed by atoms with Gasteiger partial charge in [-0.3, -0.25) is 10.1 Å². The van der Waals surface area contributed by atoms with Crippen molar-refractivity contribution in [2.75, 3.05) is 12.5 Å². The van der Waals surface area contributed by atoms with E-state index in [1.54, 1.807) is 30.0 Å². The summed E-state index contributed by atoms with van der Waals surface area (Å²) in [6, 6.07) is 11.2. The number of hydrogen-bond donors (Lipinski definition) is 1. The predicted octanol–water partition coefficient (Wildman–Crippen LogP) is 2.24. The first kappa shape index (κ1) is 10.1. The average molecular weight is 213 g/mol. The molecule has 0 saturated carbocycles. The fourth-order valence-electron chi connectivity index (χ4n) is 1.39. The third kappa shape index (κ3) is 1.98. The van der Waals surface area contributed by atoms with Crippen LogP contribution in [0.5, 0.6) is 5.75 Å². The second-order valence-electron chi connectivity index (χ2n) is 3.23. The second-order valence-corrected chi connectivity index (χ2v) is 3.23. The van der Waals surface area contributed by atoms with Crippen LogP contribution >= 0.6 is 0 Å². The van der Waals surface area contributed by atoms with Gasteiger partial charge in [-0.2, -0.15) is 5.26 Å². The molecule has 2 aromatic rings. The van der Waals surface area contributed by atoms with E-state index in [4.69, 9.17) is 10.00 Å². The highest BCUT2D eigenvalue weighted by Crippen LogP contribution is 2.21. The first-order valence-electron chi connectivity index (χ1n) is 4.81. The quantitative estimate of drug-likeness (QED) is 0.850. The minimum Gasteiger partial charge on any atom is -0.497 e. The molecule has 4 heteroatoms. The summed E-state index contributed by atoms with van der Waals surface area (Å²) >= 11 is 0. The molecule has 0 fully saturated rings. The van der Waals surface area contributed by atoms with E-state index >= 15 is 0 Å². The molecule has 4 nitrogen and oxygen atoms in total. The van der Waals surface area contributed by atoms with E-state index in [2.05, 4.69) is 11.5 Å². The van der Waals surface area contributed by atoms with Gasteiger partial charge in [0.2, 0.25) is 0 Å². The second kappa shape index (κ2) is 4.41. The number of rotatable bonds is 3. The third-order valence-electron chi connectivity index (χ3n) is 2.20. The maximum atomic E-state index is 8.97. The molecule has 80 valence electrons. The number of hydrogen-bond acceptors (Lipinski definition) is 3. The van der Waals surface area contributed by atoms with Gasteiger partial charge >= 0.3 is 0 Å². The molecule has 1 N–H and O–H groups in total. The normalized spacial score (nSPS) is 9.50. The van der Waals surface area contributed by atoms with E-state index in [1.165, 1.54) is 0 Å². The van der Waals surface area contributed by atoms with Crippen molar-refractivity contribution in [3.63, 3.8) is 0 Å². The van der Waals surface area contributed by atoms with Crippen molar-refractivity contribution in [2.24, 2.45) is 0 Å². The Morgan fingerprint density at radius 1 is 1.31 bits per heavy atom.